The Hall–Kier alpha value is -2.83. The molecule has 1 aromatic carbocycles. The Labute approximate surface area is 164 Å². The Morgan fingerprint density at radius 1 is 1.25 bits per heavy atom. The van der Waals surface area contributed by atoms with Crippen molar-refractivity contribution in [1.82, 2.24) is 20.5 Å². The molecule has 1 saturated heterocycles. The number of H-pyrrole nitrogens is 1. The maximum Gasteiger partial charge on any atom is 0.324 e. The van der Waals surface area contributed by atoms with Crippen LogP contribution in [0.15, 0.2) is 30.5 Å². The molecule has 7 heteroatoms. The third-order valence-corrected chi connectivity index (χ3v) is 5.09. The van der Waals surface area contributed by atoms with Gasteiger partial charge in [-0.1, -0.05) is 32.0 Å². The molecule has 7 nitrogen and oxygen atoms in total. The summed E-state index contributed by atoms with van der Waals surface area (Å²) >= 11 is 0. The number of nitrogens with zero attached hydrogens (tertiary/aromatic N) is 1. The topological polar surface area (TPSA) is 94.3 Å². The molecule has 150 valence electrons. The van der Waals surface area contributed by atoms with Crippen molar-refractivity contribution in [2.75, 3.05) is 13.1 Å². The average Bonchev–Trinajstić information content (AvgIpc) is 3.19. The van der Waals surface area contributed by atoms with Gasteiger partial charge < -0.3 is 15.6 Å². The number of hydrogen-bond acceptors (Lipinski definition) is 3. The van der Waals surface area contributed by atoms with Gasteiger partial charge in [0.1, 0.15) is 6.04 Å². The van der Waals surface area contributed by atoms with Gasteiger partial charge in [-0.05, 0) is 36.8 Å². The highest BCUT2D eigenvalue weighted by atomic mass is 16.2. The zero-order chi connectivity index (χ0) is 20.1. The lowest BCUT2D eigenvalue weighted by molar-refractivity contribution is -0.127. The molecule has 2 aromatic rings. The predicted octanol–water partition coefficient (Wildman–Crippen LogP) is 2.57. The van der Waals surface area contributed by atoms with E-state index in [0.29, 0.717) is 31.8 Å². The van der Waals surface area contributed by atoms with Gasteiger partial charge >= 0.3 is 6.03 Å². The van der Waals surface area contributed by atoms with Gasteiger partial charge in [0.15, 0.2) is 0 Å². The smallest absolute Gasteiger partial charge is 0.324 e. The average molecular weight is 384 g/mol. The molecule has 1 aliphatic heterocycles. The van der Waals surface area contributed by atoms with Crippen LogP contribution >= 0.6 is 0 Å². The van der Waals surface area contributed by atoms with Crippen LogP contribution in [0, 0.1) is 5.92 Å². The summed E-state index contributed by atoms with van der Waals surface area (Å²) in [6.45, 7) is 5.16. The number of carbonyl (C=O) groups is 3. The molecule has 4 amide bonds. The first-order chi connectivity index (χ1) is 13.5. The van der Waals surface area contributed by atoms with Crippen LogP contribution in [0.3, 0.4) is 0 Å². The van der Waals surface area contributed by atoms with E-state index in [1.54, 1.807) is 0 Å². The summed E-state index contributed by atoms with van der Waals surface area (Å²) in [4.78, 5) is 41.1. The summed E-state index contributed by atoms with van der Waals surface area (Å²) < 4.78 is 0. The molecule has 0 saturated carbocycles. The molecule has 3 N–H and O–H groups in total. The van der Waals surface area contributed by atoms with E-state index >= 15 is 0 Å². The first-order valence-corrected chi connectivity index (χ1v) is 9.89. The van der Waals surface area contributed by atoms with Crippen LogP contribution in [0.2, 0.25) is 0 Å². The zero-order valence-electron chi connectivity index (χ0n) is 16.5. The van der Waals surface area contributed by atoms with E-state index in [-0.39, 0.29) is 24.3 Å². The second-order valence-electron chi connectivity index (χ2n) is 7.67. The molecule has 2 heterocycles. The third kappa shape index (κ3) is 4.71. The van der Waals surface area contributed by atoms with E-state index in [0.717, 1.165) is 22.9 Å². The van der Waals surface area contributed by atoms with Gasteiger partial charge in [-0.3, -0.25) is 14.5 Å². The van der Waals surface area contributed by atoms with Crippen molar-refractivity contribution in [1.29, 1.82) is 0 Å². The maximum absolute atomic E-state index is 12.6. The van der Waals surface area contributed by atoms with Crippen LogP contribution in [0.1, 0.15) is 38.7 Å². The fourth-order valence-electron chi connectivity index (χ4n) is 3.42. The Kier molecular flexibility index (Phi) is 6.34. The molecule has 28 heavy (non-hydrogen) atoms. The predicted molar refractivity (Wildman–Crippen MR) is 108 cm³/mol. The summed E-state index contributed by atoms with van der Waals surface area (Å²) in [6.07, 6.45) is 3.98. The highest BCUT2D eigenvalue weighted by Crippen LogP contribution is 2.19. The minimum atomic E-state index is -0.619. The highest BCUT2D eigenvalue weighted by molar-refractivity contribution is 6.04. The molecule has 0 radical (unpaired) electrons. The van der Waals surface area contributed by atoms with E-state index in [4.69, 9.17) is 0 Å². The minimum Gasteiger partial charge on any atom is -0.361 e. The van der Waals surface area contributed by atoms with Crippen LogP contribution in [-0.4, -0.2) is 46.9 Å². The van der Waals surface area contributed by atoms with E-state index in [2.05, 4.69) is 29.5 Å². The molecule has 0 unspecified atom stereocenters. The summed E-state index contributed by atoms with van der Waals surface area (Å²) in [7, 11) is 0. The number of benzene rings is 1. The highest BCUT2D eigenvalue weighted by Gasteiger charge is 2.37. The largest absolute Gasteiger partial charge is 0.361 e. The number of fused-ring (bicyclic) bond motifs is 1. The standard InChI is InChI=1S/C21H28N4O3/c1-14(2)9-11-22-19(26)8-7-18-20(27)25(21(28)24-18)12-10-15-13-23-17-6-4-3-5-16(15)17/h3-6,13-14,18,23H,7-12H2,1-2H3,(H,22,26)(H,24,28)/t18-/m0/s1. The number of nitrogens with one attached hydrogen (secondary N) is 3. The van der Waals surface area contributed by atoms with Gasteiger partial charge in [-0.15, -0.1) is 0 Å². The summed E-state index contributed by atoms with van der Waals surface area (Å²) in [5, 5.41) is 6.66. The minimum absolute atomic E-state index is 0.0834. The molecule has 1 fully saturated rings. The molecule has 1 atom stereocenters. The van der Waals surface area contributed by atoms with Gasteiger partial charge in [0.25, 0.3) is 5.91 Å². The van der Waals surface area contributed by atoms with Crippen molar-refractivity contribution in [2.24, 2.45) is 5.92 Å². The van der Waals surface area contributed by atoms with E-state index in [9.17, 15) is 14.4 Å². The van der Waals surface area contributed by atoms with Crippen molar-refractivity contribution in [2.45, 2.75) is 45.6 Å². The molecular formula is C21H28N4O3. The molecule has 1 aliphatic rings. The fourth-order valence-corrected chi connectivity index (χ4v) is 3.42. The first kappa shape index (κ1) is 19.9. The number of amides is 4. The number of aromatic amines is 1. The van der Waals surface area contributed by atoms with Gasteiger partial charge in [0.2, 0.25) is 5.91 Å². The van der Waals surface area contributed by atoms with E-state index < -0.39 is 6.04 Å². The quantitative estimate of drug-likeness (QED) is 0.580. The van der Waals surface area contributed by atoms with Crippen molar-refractivity contribution >= 4 is 28.7 Å². The molecule has 1 aromatic heterocycles. The second-order valence-corrected chi connectivity index (χ2v) is 7.67. The van der Waals surface area contributed by atoms with Gasteiger partial charge in [0, 0.05) is 36.6 Å². The van der Waals surface area contributed by atoms with Crippen molar-refractivity contribution in [3.05, 3.63) is 36.0 Å². The lowest BCUT2D eigenvalue weighted by Crippen LogP contribution is -2.34. The maximum atomic E-state index is 12.6. The van der Waals surface area contributed by atoms with Gasteiger partial charge in [-0.25, -0.2) is 4.79 Å². The summed E-state index contributed by atoms with van der Waals surface area (Å²) in [5.74, 6) is 0.196. The molecule has 0 bridgehead atoms. The first-order valence-electron chi connectivity index (χ1n) is 9.89. The Bertz CT molecular complexity index is 858. The molecule has 0 spiro atoms. The van der Waals surface area contributed by atoms with Crippen LogP contribution in [0.4, 0.5) is 4.79 Å². The number of carbonyl (C=O) groups excluding carboxylic acids is 3. The number of urea groups is 1. The Morgan fingerprint density at radius 2 is 2.04 bits per heavy atom. The lowest BCUT2D eigenvalue weighted by Gasteiger charge is -2.13. The van der Waals surface area contributed by atoms with Gasteiger partial charge in [-0.2, -0.15) is 0 Å². The fraction of sp³-hybridized carbons (Fsp3) is 0.476. The SMILES string of the molecule is CC(C)CCNC(=O)CC[C@@H]1NC(=O)N(CCc2c[nH]c3ccccc23)C1=O. The van der Waals surface area contributed by atoms with Crippen molar-refractivity contribution in [3.63, 3.8) is 0 Å². The van der Waals surface area contributed by atoms with Crippen LogP contribution in [0.25, 0.3) is 10.9 Å². The van der Waals surface area contributed by atoms with E-state index in [1.807, 2.05) is 30.5 Å². The van der Waals surface area contributed by atoms with E-state index in [1.165, 1.54) is 4.90 Å². The van der Waals surface area contributed by atoms with Crippen LogP contribution < -0.4 is 10.6 Å². The zero-order valence-corrected chi connectivity index (χ0v) is 16.5. The summed E-state index contributed by atoms with van der Waals surface area (Å²) in [6, 6.07) is 6.95. The molecule has 3 rings (SSSR count). The monoisotopic (exact) mass is 384 g/mol. The number of rotatable bonds is 9. The Morgan fingerprint density at radius 3 is 2.82 bits per heavy atom. The van der Waals surface area contributed by atoms with Crippen LogP contribution in [-0.2, 0) is 16.0 Å². The summed E-state index contributed by atoms with van der Waals surface area (Å²) in [5.41, 5.74) is 2.11. The number of para-hydroxylation sites is 1. The third-order valence-electron chi connectivity index (χ3n) is 5.09. The number of hydrogen-bond donors (Lipinski definition) is 3. The van der Waals surface area contributed by atoms with Crippen molar-refractivity contribution < 1.29 is 14.4 Å². The molecular weight excluding hydrogens is 356 g/mol. The normalized spacial score (nSPS) is 16.8. The number of aromatic nitrogens is 1. The van der Waals surface area contributed by atoms with Gasteiger partial charge in [0.05, 0.1) is 0 Å². The lowest BCUT2D eigenvalue weighted by atomic mass is 10.1. The second kappa shape index (κ2) is 8.91. The molecule has 0 aliphatic carbocycles. The van der Waals surface area contributed by atoms with Crippen LogP contribution in [0.5, 0.6) is 0 Å². The Balaban J connectivity index is 1.49. The number of imide groups is 1. The van der Waals surface area contributed by atoms with Crippen molar-refractivity contribution in [3.8, 4) is 0 Å².